The van der Waals surface area contributed by atoms with E-state index in [0.717, 1.165) is 26.1 Å². The third-order valence-electron chi connectivity index (χ3n) is 4.69. The third-order valence-corrected chi connectivity index (χ3v) is 4.69. The number of aryl methyl sites for hydroxylation is 1. The van der Waals surface area contributed by atoms with E-state index in [4.69, 9.17) is 4.74 Å². The van der Waals surface area contributed by atoms with E-state index in [9.17, 15) is 0 Å². The Hall–Kier alpha value is -0.940. The van der Waals surface area contributed by atoms with Crippen molar-refractivity contribution in [3.63, 3.8) is 0 Å². The second-order valence-corrected chi connectivity index (χ2v) is 6.25. The van der Waals surface area contributed by atoms with Crippen molar-refractivity contribution in [2.45, 2.75) is 69.6 Å². The molecule has 5 heteroatoms. The van der Waals surface area contributed by atoms with Gasteiger partial charge < -0.3 is 10.1 Å². The predicted molar refractivity (Wildman–Crippen MR) is 77.4 cm³/mol. The van der Waals surface area contributed by atoms with Crippen molar-refractivity contribution in [2.75, 3.05) is 13.1 Å². The van der Waals surface area contributed by atoms with Gasteiger partial charge in [0.25, 0.3) is 0 Å². The summed E-state index contributed by atoms with van der Waals surface area (Å²) < 4.78 is 8.23. The Labute approximate surface area is 121 Å². The summed E-state index contributed by atoms with van der Waals surface area (Å²) in [7, 11) is 0. The van der Waals surface area contributed by atoms with Gasteiger partial charge in [0.15, 0.2) is 0 Å². The zero-order chi connectivity index (χ0) is 13.7. The van der Waals surface area contributed by atoms with Crippen molar-refractivity contribution in [1.29, 1.82) is 0 Å². The molecule has 0 amide bonds. The molecule has 112 valence electrons. The number of nitrogens with one attached hydrogen (secondary N) is 1. The van der Waals surface area contributed by atoms with E-state index in [0.29, 0.717) is 6.10 Å². The minimum absolute atomic E-state index is 0.255. The molecule has 1 aromatic heterocycles. The first-order valence-electron chi connectivity index (χ1n) is 8.09. The lowest BCUT2D eigenvalue weighted by Crippen LogP contribution is -2.35. The minimum atomic E-state index is 0.255. The first-order valence-corrected chi connectivity index (χ1v) is 8.09. The van der Waals surface area contributed by atoms with Crippen LogP contribution in [0.25, 0.3) is 0 Å². The summed E-state index contributed by atoms with van der Waals surface area (Å²) in [4.78, 5) is 0. The Morgan fingerprint density at radius 1 is 1.25 bits per heavy atom. The predicted octanol–water partition coefficient (Wildman–Crippen LogP) is 2.14. The van der Waals surface area contributed by atoms with Crippen molar-refractivity contribution in [3.05, 3.63) is 12.4 Å². The summed E-state index contributed by atoms with van der Waals surface area (Å²) in [6.45, 7) is 2.95. The molecule has 20 heavy (non-hydrogen) atoms. The standard InChI is InChI=1S/C15H26N4O/c1-2-6-15(7-3-1)8-5-14(20-15)13-16-9-4-11-19-12-10-17-18-19/h10,12,14,16H,1-9,11,13H2. The van der Waals surface area contributed by atoms with Crippen LogP contribution in [0.4, 0.5) is 0 Å². The Morgan fingerprint density at radius 2 is 2.15 bits per heavy atom. The molecule has 1 unspecified atom stereocenters. The molecule has 1 spiro atoms. The van der Waals surface area contributed by atoms with Gasteiger partial charge in [-0.3, -0.25) is 4.68 Å². The van der Waals surface area contributed by atoms with Crippen LogP contribution in [0.2, 0.25) is 0 Å². The van der Waals surface area contributed by atoms with Crippen molar-refractivity contribution >= 4 is 0 Å². The molecule has 1 aliphatic heterocycles. The monoisotopic (exact) mass is 278 g/mol. The maximum Gasteiger partial charge on any atom is 0.0708 e. The molecule has 2 heterocycles. The van der Waals surface area contributed by atoms with E-state index in [2.05, 4.69) is 15.6 Å². The molecule has 1 N–H and O–H groups in total. The summed E-state index contributed by atoms with van der Waals surface area (Å²) in [6.07, 6.45) is 14.4. The highest BCUT2D eigenvalue weighted by Crippen LogP contribution is 2.41. The molecule has 1 saturated heterocycles. The maximum absolute atomic E-state index is 6.35. The zero-order valence-corrected chi connectivity index (χ0v) is 12.3. The van der Waals surface area contributed by atoms with Crippen LogP contribution >= 0.6 is 0 Å². The summed E-state index contributed by atoms with van der Waals surface area (Å²) in [5.74, 6) is 0. The molecule has 2 fully saturated rings. The molecule has 0 aromatic carbocycles. The van der Waals surface area contributed by atoms with Gasteiger partial charge in [0.05, 0.1) is 17.9 Å². The Morgan fingerprint density at radius 3 is 2.95 bits per heavy atom. The number of nitrogens with zero attached hydrogens (tertiary/aromatic N) is 3. The number of aromatic nitrogens is 3. The van der Waals surface area contributed by atoms with E-state index in [1.54, 1.807) is 6.20 Å². The maximum atomic E-state index is 6.35. The number of ether oxygens (including phenoxy) is 1. The summed E-state index contributed by atoms with van der Waals surface area (Å²) >= 11 is 0. The molecule has 1 atom stereocenters. The van der Waals surface area contributed by atoms with E-state index >= 15 is 0 Å². The molecular weight excluding hydrogens is 252 g/mol. The SMILES string of the molecule is c1cn(CCCNCC2CCC3(CCCCC3)O2)nn1. The molecule has 0 bridgehead atoms. The van der Waals surface area contributed by atoms with Gasteiger partial charge in [-0.15, -0.1) is 5.10 Å². The highest BCUT2D eigenvalue weighted by Gasteiger charge is 2.40. The van der Waals surface area contributed by atoms with Gasteiger partial charge in [-0.1, -0.05) is 24.5 Å². The van der Waals surface area contributed by atoms with E-state index in [1.165, 1.54) is 44.9 Å². The van der Waals surface area contributed by atoms with Crippen LogP contribution in [0.15, 0.2) is 12.4 Å². The lowest BCUT2D eigenvalue weighted by Gasteiger charge is -2.33. The van der Waals surface area contributed by atoms with Gasteiger partial charge in [0.1, 0.15) is 0 Å². The van der Waals surface area contributed by atoms with Gasteiger partial charge in [0.2, 0.25) is 0 Å². The van der Waals surface area contributed by atoms with Gasteiger partial charge in [0, 0.05) is 19.3 Å². The number of hydrogen-bond acceptors (Lipinski definition) is 4. The zero-order valence-electron chi connectivity index (χ0n) is 12.3. The molecule has 1 saturated carbocycles. The molecule has 0 radical (unpaired) electrons. The van der Waals surface area contributed by atoms with Crippen molar-refractivity contribution in [1.82, 2.24) is 20.3 Å². The Bertz CT molecular complexity index is 387. The van der Waals surface area contributed by atoms with Crippen LogP contribution in [0.1, 0.15) is 51.4 Å². The van der Waals surface area contributed by atoms with E-state index in [1.807, 2.05) is 10.9 Å². The Balaban J connectivity index is 1.29. The van der Waals surface area contributed by atoms with Crippen LogP contribution in [0.5, 0.6) is 0 Å². The van der Waals surface area contributed by atoms with Gasteiger partial charge in [-0.25, -0.2) is 0 Å². The van der Waals surface area contributed by atoms with E-state index in [-0.39, 0.29) is 5.60 Å². The van der Waals surface area contributed by atoms with Gasteiger partial charge >= 0.3 is 0 Å². The highest BCUT2D eigenvalue weighted by molar-refractivity contribution is 4.91. The highest BCUT2D eigenvalue weighted by atomic mass is 16.5. The van der Waals surface area contributed by atoms with Crippen LogP contribution in [-0.2, 0) is 11.3 Å². The molecule has 5 nitrogen and oxygen atoms in total. The molecule has 3 rings (SSSR count). The summed E-state index contributed by atoms with van der Waals surface area (Å²) in [5, 5.41) is 11.3. The fraction of sp³-hybridized carbons (Fsp3) is 0.867. The summed E-state index contributed by atoms with van der Waals surface area (Å²) in [6, 6.07) is 0. The molecular formula is C15H26N4O. The first-order chi connectivity index (χ1) is 9.86. The quantitative estimate of drug-likeness (QED) is 0.810. The fourth-order valence-corrected chi connectivity index (χ4v) is 3.58. The summed E-state index contributed by atoms with van der Waals surface area (Å²) in [5.41, 5.74) is 0.255. The lowest BCUT2D eigenvalue weighted by atomic mass is 9.83. The third kappa shape index (κ3) is 3.58. The fourth-order valence-electron chi connectivity index (χ4n) is 3.58. The van der Waals surface area contributed by atoms with Crippen LogP contribution in [-0.4, -0.2) is 39.8 Å². The molecule has 2 aliphatic rings. The van der Waals surface area contributed by atoms with Crippen LogP contribution in [0.3, 0.4) is 0 Å². The second-order valence-electron chi connectivity index (χ2n) is 6.25. The van der Waals surface area contributed by atoms with Gasteiger partial charge in [-0.05, 0) is 38.6 Å². The normalized spacial score (nSPS) is 25.3. The lowest BCUT2D eigenvalue weighted by molar-refractivity contribution is -0.0623. The van der Waals surface area contributed by atoms with Crippen molar-refractivity contribution in [2.24, 2.45) is 0 Å². The van der Waals surface area contributed by atoms with Crippen molar-refractivity contribution in [3.8, 4) is 0 Å². The Kier molecular flexibility index (Phi) is 4.68. The van der Waals surface area contributed by atoms with Crippen molar-refractivity contribution < 1.29 is 4.74 Å². The average molecular weight is 278 g/mol. The molecule has 1 aliphatic carbocycles. The molecule has 1 aromatic rings. The van der Waals surface area contributed by atoms with Crippen LogP contribution in [0, 0.1) is 0 Å². The van der Waals surface area contributed by atoms with Crippen LogP contribution < -0.4 is 5.32 Å². The topological polar surface area (TPSA) is 52.0 Å². The number of hydrogen-bond donors (Lipinski definition) is 1. The van der Waals surface area contributed by atoms with E-state index < -0.39 is 0 Å². The number of rotatable bonds is 6. The minimum Gasteiger partial charge on any atom is -0.370 e. The largest absolute Gasteiger partial charge is 0.370 e. The van der Waals surface area contributed by atoms with Gasteiger partial charge in [-0.2, -0.15) is 0 Å². The average Bonchev–Trinajstić information content (AvgIpc) is 3.10. The second kappa shape index (κ2) is 6.68. The first kappa shape index (κ1) is 14.0. The smallest absolute Gasteiger partial charge is 0.0708 e.